The van der Waals surface area contributed by atoms with E-state index in [2.05, 4.69) is 15.5 Å². The summed E-state index contributed by atoms with van der Waals surface area (Å²) in [6.45, 7) is 1.91. The summed E-state index contributed by atoms with van der Waals surface area (Å²) >= 11 is 0. The first-order valence-corrected chi connectivity index (χ1v) is 8.98. The summed E-state index contributed by atoms with van der Waals surface area (Å²) in [6, 6.07) is 19.5. The van der Waals surface area contributed by atoms with Gasteiger partial charge in [0.15, 0.2) is 0 Å². The number of methoxy groups -OCH3 is 1. The maximum atomic E-state index is 12.8. The Balaban J connectivity index is 1.53. The number of fused-ring (bicyclic) bond motifs is 1. The standard InChI is InChI=1S/C22H20N4O2/c1-15(16-6-7-18-11-21(28-2)9-8-17(18)10-16)22(27)25-19-4-3-5-20(12-19)26-13-23-24-14-26/h3-15H,1-2H3,(H,25,27)/t15-/m0/s1. The van der Waals surface area contributed by atoms with Gasteiger partial charge in [0, 0.05) is 5.69 Å². The van der Waals surface area contributed by atoms with Crippen LogP contribution < -0.4 is 10.1 Å². The zero-order valence-corrected chi connectivity index (χ0v) is 15.7. The average Bonchev–Trinajstić information content (AvgIpc) is 3.27. The Bertz CT molecular complexity index is 1120. The summed E-state index contributed by atoms with van der Waals surface area (Å²) in [5.74, 6) is 0.470. The van der Waals surface area contributed by atoms with E-state index < -0.39 is 0 Å². The summed E-state index contributed by atoms with van der Waals surface area (Å²) in [5, 5.41) is 12.8. The molecule has 0 bridgehead atoms. The highest BCUT2D eigenvalue weighted by Crippen LogP contribution is 2.26. The van der Waals surface area contributed by atoms with Crippen molar-refractivity contribution in [2.45, 2.75) is 12.8 Å². The largest absolute Gasteiger partial charge is 0.497 e. The lowest BCUT2D eigenvalue weighted by Crippen LogP contribution is -2.19. The van der Waals surface area contributed by atoms with E-state index in [0.717, 1.165) is 33.5 Å². The van der Waals surface area contributed by atoms with E-state index in [1.165, 1.54) is 0 Å². The van der Waals surface area contributed by atoms with E-state index in [1.807, 2.05) is 67.6 Å². The molecule has 28 heavy (non-hydrogen) atoms. The summed E-state index contributed by atoms with van der Waals surface area (Å²) < 4.78 is 7.06. The van der Waals surface area contributed by atoms with Gasteiger partial charge in [-0.2, -0.15) is 0 Å². The van der Waals surface area contributed by atoms with Crippen LogP contribution in [0.4, 0.5) is 5.69 Å². The molecule has 0 saturated carbocycles. The molecular formula is C22H20N4O2. The quantitative estimate of drug-likeness (QED) is 0.571. The predicted octanol–water partition coefficient (Wildman–Crippen LogP) is 4.17. The second kappa shape index (κ2) is 7.52. The molecule has 1 N–H and O–H groups in total. The molecular weight excluding hydrogens is 352 g/mol. The molecule has 0 aliphatic rings. The van der Waals surface area contributed by atoms with Crippen LogP contribution in [0, 0.1) is 0 Å². The number of nitrogens with one attached hydrogen (secondary N) is 1. The minimum atomic E-state index is -0.287. The van der Waals surface area contributed by atoms with Crippen LogP contribution in [0.1, 0.15) is 18.4 Å². The first-order valence-electron chi connectivity index (χ1n) is 8.98. The third kappa shape index (κ3) is 3.57. The number of ether oxygens (including phenoxy) is 1. The van der Waals surface area contributed by atoms with Gasteiger partial charge in [0.25, 0.3) is 0 Å². The fourth-order valence-corrected chi connectivity index (χ4v) is 3.12. The first kappa shape index (κ1) is 17.7. The van der Waals surface area contributed by atoms with Gasteiger partial charge in [0.1, 0.15) is 18.4 Å². The zero-order chi connectivity index (χ0) is 19.5. The van der Waals surface area contributed by atoms with Crippen molar-refractivity contribution in [2.24, 2.45) is 0 Å². The molecule has 3 aromatic carbocycles. The molecule has 1 amide bonds. The first-order chi connectivity index (χ1) is 13.6. The van der Waals surface area contributed by atoms with Crippen LogP contribution in [0.15, 0.2) is 73.3 Å². The lowest BCUT2D eigenvalue weighted by molar-refractivity contribution is -0.117. The van der Waals surface area contributed by atoms with Gasteiger partial charge in [-0.25, -0.2) is 0 Å². The molecule has 6 heteroatoms. The number of anilines is 1. The number of aromatic nitrogens is 3. The van der Waals surface area contributed by atoms with Crippen molar-refractivity contribution in [2.75, 3.05) is 12.4 Å². The Hall–Kier alpha value is -3.67. The molecule has 0 fully saturated rings. The molecule has 4 rings (SSSR count). The second-order valence-corrected chi connectivity index (χ2v) is 6.60. The smallest absolute Gasteiger partial charge is 0.231 e. The van der Waals surface area contributed by atoms with Gasteiger partial charge in [-0.05, 0) is 53.6 Å². The van der Waals surface area contributed by atoms with Gasteiger partial charge in [0.2, 0.25) is 5.91 Å². The lowest BCUT2D eigenvalue weighted by atomic mass is 9.97. The molecule has 1 aromatic heterocycles. The van der Waals surface area contributed by atoms with Crippen molar-refractivity contribution >= 4 is 22.4 Å². The van der Waals surface area contributed by atoms with Crippen LogP contribution in [0.5, 0.6) is 5.75 Å². The summed E-state index contributed by atoms with van der Waals surface area (Å²) in [7, 11) is 1.65. The van der Waals surface area contributed by atoms with Gasteiger partial charge >= 0.3 is 0 Å². The van der Waals surface area contributed by atoms with Gasteiger partial charge < -0.3 is 10.1 Å². The minimum Gasteiger partial charge on any atom is -0.497 e. The second-order valence-electron chi connectivity index (χ2n) is 6.60. The SMILES string of the molecule is COc1ccc2cc([C@H](C)C(=O)Nc3cccc(-n4cnnc4)c3)ccc2c1. The number of carbonyl (C=O) groups excluding carboxylic acids is 1. The van der Waals surface area contributed by atoms with Gasteiger partial charge in [-0.3, -0.25) is 9.36 Å². The molecule has 1 heterocycles. The Morgan fingerprint density at radius 2 is 1.75 bits per heavy atom. The van der Waals surface area contributed by atoms with Crippen molar-refractivity contribution in [3.05, 3.63) is 78.9 Å². The maximum absolute atomic E-state index is 12.8. The van der Waals surface area contributed by atoms with Crippen molar-refractivity contribution in [1.29, 1.82) is 0 Å². The molecule has 6 nitrogen and oxygen atoms in total. The molecule has 0 unspecified atom stereocenters. The highest BCUT2D eigenvalue weighted by Gasteiger charge is 2.16. The van der Waals surface area contributed by atoms with E-state index in [1.54, 1.807) is 24.3 Å². The van der Waals surface area contributed by atoms with Crippen LogP contribution in [0.2, 0.25) is 0 Å². The third-order valence-electron chi connectivity index (χ3n) is 4.80. The summed E-state index contributed by atoms with van der Waals surface area (Å²) in [5.41, 5.74) is 2.58. The van der Waals surface area contributed by atoms with Crippen LogP contribution in [-0.4, -0.2) is 27.8 Å². The maximum Gasteiger partial charge on any atom is 0.231 e. The molecule has 0 saturated heterocycles. The van der Waals surface area contributed by atoms with Gasteiger partial charge in [-0.15, -0.1) is 10.2 Å². The predicted molar refractivity (Wildman–Crippen MR) is 109 cm³/mol. The summed E-state index contributed by atoms with van der Waals surface area (Å²) in [4.78, 5) is 12.8. The fraction of sp³-hybridized carbons (Fsp3) is 0.136. The molecule has 140 valence electrons. The van der Waals surface area contributed by atoms with E-state index in [9.17, 15) is 4.79 Å². The minimum absolute atomic E-state index is 0.0613. The number of benzene rings is 3. The number of hydrogen-bond acceptors (Lipinski definition) is 4. The Morgan fingerprint density at radius 3 is 2.54 bits per heavy atom. The van der Waals surface area contributed by atoms with Crippen molar-refractivity contribution in [3.63, 3.8) is 0 Å². The Morgan fingerprint density at radius 1 is 1.00 bits per heavy atom. The third-order valence-corrected chi connectivity index (χ3v) is 4.80. The number of nitrogens with zero attached hydrogens (tertiary/aromatic N) is 3. The Labute approximate surface area is 162 Å². The van der Waals surface area contributed by atoms with Crippen LogP contribution in [0.25, 0.3) is 16.5 Å². The monoisotopic (exact) mass is 372 g/mol. The average molecular weight is 372 g/mol. The van der Waals surface area contributed by atoms with E-state index in [-0.39, 0.29) is 11.8 Å². The number of hydrogen-bond donors (Lipinski definition) is 1. The van der Waals surface area contributed by atoms with Gasteiger partial charge in [0.05, 0.1) is 18.7 Å². The van der Waals surface area contributed by atoms with E-state index in [0.29, 0.717) is 0 Å². The number of rotatable bonds is 5. The van der Waals surface area contributed by atoms with Crippen molar-refractivity contribution in [1.82, 2.24) is 14.8 Å². The van der Waals surface area contributed by atoms with E-state index in [4.69, 9.17) is 4.74 Å². The van der Waals surface area contributed by atoms with Crippen LogP contribution >= 0.6 is 0 Å². The molecule has 0 aliphatic heterocycles. The fourth-order valence-electron chi connectivity index (χ4n) is 3.12. The van der Waals surface area contributed by atoms with Crippen LogP contribution in [-0.2, 0) is 4.79 Å². The summed E-state index contributed by atoms with van der Waals surface area (Å²) in [6.07, 6.45) is 3.24. The highest BCUT2D eigenvalue weighted by molar-refractivity contribution is 5.96. The number of carbonyl (C=O) groups is 1. The van der Waals surface area contributed by atoms with Crippen LogP contribution in [0.3, 0.4) is 0 Å². The molecule has 0 aliphatic carbocycles. The Kier molecular flexibility index (Phi) is 4.76. The molecule has 0 radical (unpaired) electrons. The number of amides is 1. The molecule has 1 atom stereocenters. The van der Waals surface area contributed by atoms with Gasteiger partial charge in [-0.1, -0.05) is 30.3 Å². The molecule has 4 aromatic rings. The lowest BCUT2D eigenvalue weighted by Gasteiger charge is -2.14. The zero-order valence-electron chi connectivity index (χ0n) is 15.7. The van der Waals surface area contributed by atoms with Crippen molar-refractivity contribution < 1.29 is 9.53 Å². The molecule has 0 spiro atoms. The highest BCUT2D eigenvalue weighted by atomic mass is 16.5. The van der Waals surface area contributed by atoms with Crippen molar-refractivity contribution in [3.8, 4) is 11.4 Å². The van der Waals surface area contributed by atoms with E-state index >= 15 is 0 Å². The normalized spacial score (nSPS) is 11.9. The topological polar surface area (TPSA) is 69.0 Å².